The highest BCUT2D eigenvalue weighted by molar-refractivity contribution is 5.99. The average Bonchev–Trinajstić information content (AvgIpc) is 3.14. The molecule has 0 saturated carbocycles. The van der Waals surface area contributed by atoms with Gasteiger partial charge in [0.2, 0.25) is 5.91 Å². The van der Waals surface area contributed by atoms with Crippen LogP contribution < -0.4 is 10.9 Å². The first-order valence-electron chi connectivity index (χ1n) is 9.66. The number of hydrogen-bond acceptors (Lipinski definition) is 2. The Kier molecular flexibility index (Phi) is 5.75. The summed E-state index contributed by atoms with van der Waals surface area (Å²) in [5, 5.41) is 0.821. The van der Waals surface area contributed by atoms with Crippen LogP contribution in [0.4, 0.5) is 8.78 Å². The predicted molar refractivity (Wildman–Crippen MR) is 113 cm³/mol. The Morgan fingerprint density at radius 2 is 1.55 bits per heavy atom. The number of carbonyl (C=O) groups excluding carboxylic acids is 2. The third-order valence-electron chi connectivity index (χ3n) is 4.92. The van der Waals surface area contributed by atoms with Crippen molar-refractivity contribution in [1.29, 1.82) is 0 Å². The first-order valence-corrected chi connectivity index (χ1v) is 9.66. The molecular weight excluding hydrogens is 400 g/mol. The number of nitrogens with zero attached hydrogens (tertiary/aromatic N) is 1. The summed E-state index contributed by atoms with van der Waals surface area (Å²) in [6.07, 6.45) is -0.0151. The Bertz CT molecular complexity index is 1250. The zero-order valence-corrected chi connectivity index (χ0v) is 16.4. The van der Waals surface area contributed by atoms with Crippen LogP contribution in [0.2, 0.25) is 0 Å². The second kappa shape index (κ2) is 8.79. The zero-order chi connectivity index (χ0) is 21.8. The van der Waals surface area contributed by atoms with E-state index in [2.05, 4.69) is 10.9 Å². The van der Waals surface area contributed by atoms with Crippen molar-refractivity contribution in [2.75, 3.05) is 0 Å². The number of nitrogens with one attached hydrogen (secondary N) is 2. The van der Waals surface area contributed by atoms with Gasteiger partial charge >= 0.3 is 0 Å². The zero-order valence-electron chi connectivity index (χ0n) is 16.4. The van der Waals surface area contributed by atoms with Crippen LogP contribution in [0.3, 0.4) is 0 Å². The summed E-state index contributed by atoms with van der Waals surface area (Å²) in [7, 11) is 0. The summed E-state index contributed by atoms with van der Waals surface area (Å²) in [4.78, 5) is 25.0. The lowest BCUT2D eigenvalue weighted by Gasteiger charge is -2.12. The quantitative estimate of drug-likeness (QED) is 0.481. The molecule has 0 atom stereocenters. The molecule has 0 bridgehead atoms. The lowest BCUT2D eigenvalue weighted by atomic mass is 10.1. The van der Waals surface area contributed by atoms with Crippen molar-refractivity contribution in [3.63, 3.8) is 0 Å². The van der Waals surface area contributed by atoms with Gasteiger partial charge in [-0.25, -0.2) is 8.78 Å². The van der Waals surface area contributed by atoms with Gasteiger partial charge in [-0.2, -0.15) is 0 Å². The van der Waals surface area contributed by atoms with Gasteiger partial charge in [0, 0.05) is 16.5 Å². The maximum absolute atomic E-state index is 14.2. The van der Waals surface area contributed by atoms with Crippen LogP contribution in [0, 0.1) is 11.6 Å². The topological polar surface area (TPSA) is 63.1 Å². The molecule has 4 aromatic rings. The van der Waals surface area contributed by atoms with Gasteiger partial charge in [0.15, 0.2) is 0 Å². The van der Waals surface area contributed by atoms with Gasteiger partial charge in [-0.1, -0.05) is 48.5 Å². The van der Waals surface area contributed by atoms with Gasteiger partial charge in [-0.3, -0.25) is 20.4 Å². The molecule has 0 saturated heterocycles. The van der Waals surface area contributed by atoms with Crippen molar-refractivity contribution in [3.8, 4) is 0 Å². The van der Waals surface area contributed by atoms with Crippen molar-refractivity contribution in [2.45, 2.75) is 13.0 Å². The molecule has 0 unspecified atom stereocenters. The number of hydrogen-bond donors (Lipinski definition) is 2. The van der Waals surface area contributed by atoms with Crippen LogP contribution in [0.15, 0.2) is 78.9 Å². The van der Waals surface area contributed by atoms with E-state index in [1.54, 1.807) is 28.8 Å². The molecule has 1 aromatic heterocycles. The molecule has 0 aliphatic carbocycles. The molecule has 3 aromatic carbocycles. The van der Waals surface area contributed by atoms with Crippen LogP contribution in [0.1, 0.15) is 21.6 Å². The fourth-order valence-electron chi connectivity index (χ4n) is 3.39. The number of aromatic nitrogens is 1. The van der Waals surface area contributed by atoms with E-state index in [-0.39, 0.29) is 30.3 Å². The first-order chi connectivity index (χ1) is 15.0. The summed E-state index contributed by atoms with van der Waals surface area (Å²) in [5.74, 6) is -1.73. The summed E-state index contributed by atoms with van der Waals surface area (Å²) in [6.45, 7) is 0.159. The van der Waals surface area contributed by atoms with Gasteiger partial charge in [-0.15, -0.1) is 0 Å². The van der Waals surface area contributed by atoms with Crippen molar-refractivity contribution in [3.05, 3.63) is 107 Å². The number of hydrazine groups is 1. The van der Waals surface area contributed by atoms with Crippen LogP contribution in [0.25, 0.3) is 10.9 Å². The second-order valence-electron chi connectivity index (χ2n) is 7.07. The fourth-order valence-corrected chi connectivity index (χ4v) is 3.39. The Balaban J connectivity index is 1.52. The van der Waals surface area contributed by atoms with E-state index in [1.165, 1.54) is 30.3 Å². The minimum atomic E-state index is -0.528. The third kappa shape index (κ3) is 4.61. The van der Waals surface area contributed by atoms with E-state index < -0.39 is 11.8 Å². The fraction of sp³-hybridized carbons (Fsp3) is 0.0833. The van der Waals surface area contributed by atoms with Crippen molar-refractivity contribution in [1.82, 2.24) is 15.4 Å². The molecule has 156 valence electrons. The average molecular weight is 419 g/mol. The van der Waals surface area contributed by atoms with Crippen molar-refractivity contribution in [2.24, 2.45) is 0 Å². The molecule has 1 heterocycles. The largest absolute Gasteiger partial charge is 0.332 e. The monoisotopic (exact) mass is 419 g/mol. The number of carbonyl (C=O) groups is 2. The maximum atomic E-state index is 14.2. The van der Waals surface area contributed by atoms with Gasteiger partial charge in [0.25, 0.3) is 5.91 Å². The van der Waals surface area contributed by atoms with E-state index in [0.29, 0.717) is 11.1 Å². The highest BCUT2D eigenvalue weighted by Crippen LogP contribution is 2.22. The summed E-state index contributed by atoms with van der Waals surface area (Å²) < 4.78 is 28.9. The van der Waals surface area contributed by atoms with Gasteiger partial charge in [0.05, 0.1) is 13.0 Å². The van der Waals surface area contributed by atoms with Gasteiger partial charge in [0.1, 0.15) is 17.3 Å². The Hall–Kier alpha value is -4.00. The molecule has 0 aliphatic heterocycles. The predicted octanol–water partition coefficient (Wildman–Crippen LogP) is 3.97. The molecule has 5 nitrogen and oxygen atoms in total. The Morgan fingerprint density at radius 1 is 0.839 bits per heavy atom. The summed E-state index contributed by atoms with van der Waals surface area (Å²) in [5.41, 5.74) is 6.89. The summed E-state index contributed by atoms with van der Waals surface area (Å²) in [6, 6.07) is 21.0. The minimum absolute atomic E-state index is 0.0151. The third-order valence-corrected chi connectivity index (χ3v) is 4.92. The molecule has 4 rings (SSSR count). The van der Waals surface area contributed by atoms with Crippen LogP contribution in [0.5, 0.6) is 0 Å². The highest BCUT2D eigenvalue weighted by Gasteiger charge is 2.17. The molecule has 0 spiro atoms. The highest BCUT2D eigenvalue weighted by atomic mass is 19.1. The second-order valence-corrected chi connectivity index (χ2v) is 7.07. The van der Waals surface area contributed by atoms with E-state index in [9.17, 15) is 18.4 Å². The Morgan fingerprint density at radius 3 is 2.32 bits per heavy atom. The van der Waals surface area contributed by atoms with Gasteiger partial charge < -0.3 is 4.57 Å². The van der Waals surface area contributed by atoms with E-state index in [1.807, 2.05) is 24.3 Å². The number of rotatable bonds is 5. The van der Waals surface area contributed by atoms with Crippen LogP contribution in [-0.2, 0) is 17.8 Å². The number of halogens is 2. The first kappa shape index (κ1) is 20.3. The number of para-hydroxylation sites is 1. The molecule has 2 amide bonds. The van der Waals surface area contributed by atoms with Crippen LogP contribution >= 0.6 is 0 Å². The SMILES string of the molecule is O=C(Cc1ccc(F)cc1)NNC(=O)c1cc2ccccc2n1Cc1ccccc1F. The molecule has 0 radical (unpaired) electrons. The molecule has 7 heteroatoms. The molecule has 31 heavy (non-hydrogen) atoms. The molecule has 0 fully saturated rings. The van der Waals surface area contributed by atoms with Gasteiger partial charge in [-0.05, 0) is 35.9 Å². The molecule has 2 N–H and O–H groups in total. The standard InChI is InChI=1S/C24H19F2N3O2/c25-19-11-9-16(10-12-19)13-23(30)27-28-24(31)22-14-17-5-2-4-8-21(17)29(22)15-18-6-1-3-7-20(18)26/h1-12,14H,13,15H2,(H,27,30)(H,28,31). The number of benzene rings is 3. The molecular formula is C24H19F2N3O2. The lowest BCUT2D eigenvalue weighted by molar-refractivity contribution is -0.121. The van der Waals surface area contributed by atoms with Crippen LogP contribution in [-0.4, -0.2) is 16.4 Å². The maximum Gasteiger partial charge on any atom is 0.286 e. The van der Waals surface area contributed by atoms with E-state index in [4.69, 9.17) is 0 Å². The minimum Gasteiger partial charge on any atom is -0.332 e. The Labute approximate surface area is 177 Å². The number of amides is 2. The normalized spacial score (nSPS) is 10.8. The smallest absolute Gasteiger partial charge is 0.286 e. The number of fused-ring (bicyclic) bond motifs is 1. The molecule has 0 aliphatic rings. The van der Waals surface area contributed by atoms with E-state index >= 15 is 0 Å². The lowest BCUT2D eigenvalue weighted by Crippen LogP contribution is -2.43. The van der Waals surface area contributed by atoms with E-state index in [0.717, 1.165) is 10.9 Å². The van der Waals surface area contributed by atoms with Crippen molar-refractivity contribution >= 4 is 22.7 Å². The summed E-state index contributed by atoms with van der Waals surface area (Å²) >= 11 is 0. The van der Waals surface area contributed by atoms with Crippen molar-refractivity contribution < 1.29 is 18.4 Å².